The van der Waals surface area contributed by atoms with Crippen molar-refractivity contribution in [2.24, 2.45) is 0 Å². The fourth-order valence-corrected chi connectivity index (χ4v) is 2.10. The Balaban J connectivity index is 2.39. The molecule has 2 N–H and O–H groups in total. The number of nitrogens with one attached hydrogen (secondary N) is 1. The van der Waals surface area contributed by atoms with Crippen molar-refractivity contribution in [3.63, 3.8) is 0 Å². The highest BCUT2D eigenvalue weighted by molar-refractivity contribution is 5.97. The van der Waals surface area contributed by atoms with E-state index in [1.54, 1.807) is 6.07 Å². The first-order chi connectivity index (χ1) is 7.20. The molecule has 1 atom stereocenters. The number of hydrogen-bond donors (Lipinski definition) is 2. The van der Waals surface area contributed by atoms with Crippen LogP contribution in [0.25, 0.3) is 0 Å². The number of Topliss-reactive ketones (excluding diaryl/α,β-unsaturated/α-hetero) is 1. The number of carbonyl (C=O) groups is 1. The lowest BCUT2D eigenvalue weighted by molar-refractivity contribution is 0.101. The van der Waals surface area contributed by atoms with Gasteiger partial charge in [0, 0.05) is 12.5 Å². The number of carbonyl (C=O) groups excluding carboxylic acids is 1. The second-order valence-corrected chi connectivity index (χ2v) is 3.99. The Labute approximate surface area is 89.1 Å². The van der Waals surface area contributed by atoms with E-state index in [9.17, 15) is 9.90 Å². The summed E-state index contributed by atoms with van der Waals surface area (Å²) in [5.41, 5.74) is 1.33. The normalized spacial score (nSPS) is 20.5. The van der Waals surface area contributed by atoms with Crippen LogP contribution in [0.15, 0.2) is 18.2 Å². The second kappa shape index (κ2) is 4.03. The van der Waals surface area contributed by atoms with Crippen molar-refractivity contribution in [2.75, 3.05) is 13.1 Å². The molecule has 1 saturated heterocycles. The minimum atomic E-state index is -0.0830. The zero-order chi connectivity index (χ0) is 10.8. The van der Waals surface area contributed by atoms with Gasteiger partial charge in [-0.1, -0.05) is 12.1 Å². The van der Waals surface area contributed by atoms with Crippen LogP contribution in [-0.4, -0.2) is 24.0 Å². The van der Waals surface area contributed by atoms with Crippen LogP contribution in [-0.2, 0) is 0 Å². The Morgan fingerprint density at radius 3 is 2.93 bits per heavy atom. The van der Waals surface area contributed by atoms with E-state index in [2.05, 4.69) is 5.32 Å². The maximum absolute atomic E-state index is 11.3. The van der Waals surface area contributed by atoms with E-state index in [1.807, 2.05) is 12.1 Å². The fourth-order valence-electron chi connectivity index (χ4n) is 2.10. The molecule has 1 aromatic carbocycles. The number of rotatable bonds is 2. The van der Waals surface area contributed by atoms with Crippen LogP contribution >= 0.6 is 0 Å². The Kier molecular flexibility index (Phi) is 2.73. The van der Waals surface area contributed by atoms with E-state index in [0.29, 0.717) is 11.5 Å². The van der Waals surface area contributed by atoms with Crippen LogP contribution in [0.2, 0.25) is 0 Å². The SMILES string of the molecule is CC(=O)c1cccc(C2CCNC2)c1O. The molecule has 3 nitrogen and oxygen atoms in total. The average Bonchev–Trinajstić information content (AvgIpc) is 2.70. The summed E-state index contributed by atoms with van der Waals surface area (Å²) in [4.78, 5) is 11.3. The molecule has 0 spiro atoms. The summed E-state index contributed by atoms with van der Waals surface area (Å²) in [6, 6.07) is 5.41. The number of benzene rings is 1. The van der Waals surface area contributed by atoms with Gasteiger partial charge in [-0.2, -0.15) is 0 Å². The summed E-state index contributed by atoms with van der Waals surface area (Å²) in [6.07, 6.45) is 1.02. The minimum Gasteiger partial charge on any atom is -0.507 e. The molecule has 1 fully saturated rings. The minimum absolute atomic E-state index is 0.0830. The molecular weight excluding hydrogens is 190 g/mol. The standard InChI is InChI=1S/C12H15NO2/c1-8(14)10-3-2-4-11(12(10)15)9-5-6-13-7-9/h2-4,9,13,15H,5-7H2,1H3. The van der Waals surface area contributed by atoms with E-state index >= 15 is 0 Å². The van der Waals surface area contributed by atoms with Gasteiger partial charge in [-0.25, -0.2) is 0 Å². The van der Waals surface area contributed by atoms with Crippen molar-refractivity contribution < 1.29 is 9.90 Å². The molecule has 0 radical (unpaired) electrons. The van der Waals surface area contributed by atoms with E-state index in [-0.39, 0.29) is 11.5 Å². The first kappa shape index (κ1) is 10.2. The van der Waals surface area contributed by atoms with Gasteiger partial charge < -0.3 is 10.4 Å². The third-order valence-electron chi connectivity index (χ3n) is 2.95. The summed E-state index contributed by atoms with van der Waals surface area (Å²) >= 11 is 0. The molecule has 0 aromatic heterocycles. The maximum Gasteiger partial charge on any atom is 0.163 e. The molecule has 0 saturated carbocycles. The van der Waals surface area contributed by atoms with Gasteiger partial charge in [0.05, 0.1) is 5.56 Å². The molecule has 15 heavy (non-hydrogen) atoms. The lowest BCUT2D eigenvalue weighted by Crippen LogP contribution is -2.08. The van der Waals surface area contributed by atoms with Crippen molar-refractivity contribution in [1.82, 2.24) is 5.32 Å². The van der Waals surface area contributed by atoms with Crippen LogP contribution in [0, 0.1) is 0 Å². The van der Waals surface area contributed by atoms with Gasteiger partial charge in [0.15, 0.2) is 5.78 Å². The summed E-state index contributed by atoms with van der Waals surface area (Å²) in [6.45, 7) is 3.34. The molecule has 0 amide bonds. The summed E-state index contributed by atoms with van der Waals surface area (Å²) in [5.74, 6) is 0.420. The Morgan fingerprint density at radius 1 is 1.53 bits per heavy atom. The van der Waals surface area contributed by atoms with E-state index in [1.165, 1.54) is 6.92 Å². The zero-order valence-corrected chi connectivity index (χ0v) is 8.79. The quantitative estimate of drug-likeness (QED) is 0.722. The first-order valence-electron chi connectivity index (χ1n) is 5.23. The molecule has 2 rings (SSSR count). The van der Waals surface area contributed by atoms with Gasteiger partial charge in [0.1, 0.15) is 5.75 Å². The van der Waals surface area contributed by atoms with Crippen molar-refractivity contribution in [2.45, 2.75) is 19.3 Å². The van der Waals surface area contributed by atoms with E-state index < -0.39 is 0 Å². The monoisotopic (exact) mass is 205 g/mol. The maximum atomic E-state index is 11.3. The second-order valence-electron chi connectivity index (χ2n) is 3.99. The number of para-hydroxylation sites is 1. The molecule has 1 aliphatic rings. The van der Waals surface area contributed by atoms with Gasteiger partial charge in [0.2, 0.25) is 0 Å². The van der Waals surface area contributed by atoms with Crippen LogP contribution in [0.3, 0.4) is 0 Å². The lowest BCUT2D eigenvalue weighted by Gasteiger charge is -2.12. The van der Waals surface area contributed by atoms with E-state index in [0.717, 1.165) is 25.1 Å². The first-order valence-corrected chi connectivity index (χ1v) is 5.23. The number of hydrogen-bond acceptors (Lipinski definition) is 3. The average molecular weight is 205 g/mol. The third kappa shape index (κ3) is 1.88. The number of aromatic hydroxyl groups is 1. The molecule has 0 bridgehead atoms. The van der Waals surface area contributed by atoms with Gasteiger partial charge in [-0.3, -0.25) is 4.79 Å². The van der Waals surface area contributed by atoms with Gasteiger partial charge in [0.25, 0.3) is 0 Å². The predicted molar refractivity (Wildman–Crippen MR) is 58.3 cm³/mol. The molecule has 3 heteroatoms. The molecule has 1 aliphatic heterocycles. The molecule has 1 aromatic rings. The number of ketones is 1. The van der Waals surface area contributed by atoms with Crippen LogP contribution in [0.4, 0.5) is 0 Å². The van der Waals surface area contributed by atoms with Gasteiger partial charge >= 0.3 is 0 Å². The van der Waals surface area contributed by atoms with Gasteiger partial charge in [-0.05, 0) is 31.5 Å². The third-order valence-corrected chi connectivity index (χ3v) is 2.95. The Bertz CT molecular complexity index is 381. The topological polar surface area (TPSA) is 49.3 Å². The van der Waals surface area contributed by atoms with E-state index in [4.69, 9.17) is 0 Å². The predicted octanol–water partition coefficient (Wildman–Crippen LogP) is 1.67. The Hall–Kier alpha value is -1.35. The zero-order valence-electron chi connectivity index (χ0n) is 8.79. The largest absolute Gasteiger partial charge is 0.507 e. The van der Waals surface area contributed by atoms with Crippen LogP contribution in [0.1, 0.15) is 35.2 Å². The molecule has 1 unspecified atom stereocenters. The molecule has 80 valence electrons. The van der Waals surface area contributed by atoms with Crippen molar-refractivity contribution in [3.05, 3.63) is 29.3 Å². The fraction of sp³-hybridized carbons (Fsp3) is 0.417. The van der Waals surface area contributed by atoms with Gasteiger partial charge in [-0.15, -0.1) is 0 Å². The highest BCUT2D eigenvalue weighted by Crippen LogP contribution is 2.32. The van der Waals surface area contributed by atoms with Crippen LogP contribution < -0.4 is 5.32 Å². The number of phenols is 1. The van der Waals surface area contributed by atoms with Crippen molar-refractivity contribution in [3.8, 4) is 5.75 Å². The summed E-state index contributed by atoms with van der Waals surface area (Å²) < 4.78 is 0. The summed E-state index contributed by atoms with van der Waals surface area (Å²) in [5, 5.41) is 13.2. The number of phenolic OH excluding ortho intramolecular Hbond substituents is 1. The molecule has 0 aliphatic carbocycles. The highest BCUT2D eigenvalue weighted by atomic mass is 16.3. The lowest BCUT2D eigenvalue weighted by atomic mass is 9.94. The smallest absolute Gasteiger partial charge is 0.163 e. The molecule has 1 heterocycles. The Morgan fingerprint density at radius 2 is 2.33 bits per heavy atom. The summed E-state index contributed by atoms with van der Waals surface area (Å²) in [7, 11) is 0. The van der Waals surface area contributed by atoms with Crippen LogP contribution in [0.5, 0.6) is 5.75 Å². The van der Waals surface area contributed by atoms with Crippen molar-refractivity contribution >= 4 is 5.78 Å². The van der Waals surface area contributed by atoms with Crippen molar-refractivity contribution in [1.29, 1.82) is 0 Å². The highest BCUT2D eigenvalue weighted by Gasteiger charge is 2.21. The molecular formula is C12H15NO2.